The molecule has 0 amide bonds. The number of hydrogen-bond acceptors (Lipinski definition) is 5. The minimum atomic E-state index is -0.190. The summed E-state index contributed by atoms with van der Waals surface area (Å²) in [6.07, 6.45) is 2.41. The second-order valence-corrected chi connectivity index (χ2v) is 4.83. The molecule has 1 aromatic heterocycles. The van der Waals surface area contributed by atoms with Crippen LogP contribution in [0.1, 0.15) is 17.3 Å². The molecule has 0 saturated carbocycles. The number of hydrogen-bond donors (Lipinski definition) is 2. The standard InChI is InChI=1S/C14H18N4O2/c1-18-14(12(19-2)8-16-18)13(17-15)11-7-9-5-3-4-6-10(9)20-11/h3-6,8,11,13,17H,7,15H2,1-2H3. The lowest BCUT2D eigenvalue weighted by molar-refractivity contribution is 0.172. The van der Waals surface area contributed by atoms with Gasteiger partial charge in [-0.15, -0.1) is 0 Å². The number of hydrazine groups is 1. The summed E-state index contributed by atoms with van der Waals surface area (Å²) in [5, 5.41) is 4.22. The van der Waals surface area contributed by atoms with E-state index in [0.29, 0.717) is 5.75 Å². The number of nitrogens with two attached hydrogens (primary N) is 1. The summed E-state index contributed by atoms with van der Waals surface area (Å²) >= 11 is 0. The van der Waals surface area contributed by atoms with E-state index in [0.717, 1.165) is 17.9 Å². The number of rotatable bonds is 4. The van der Waals surface area contributed by atoms with E-state index in [9.17, 15) is 0 Å². The molecule has 1 aliphatic rings. The van der Waals surface area contributed by atoms with Crippen molar-refractivity contribution in [3.63, 3.8) is 0 Å². The van der Waals surface area contributed by atoms with Crippen LogP contribution in [0.15, 0.2) is 30.5 Å². The van der Waals surface area contributed by atoms with Gasteiger partial charge in [-0.25, -0.2) is 5.43 Å². The van der Waals surface area contributed by atoms with Crippen LogP contribution in [-0.2, 0) is 13.5 Å². The molecule has 0 radical (unpaired) electrons. The van der Waals surface area contributed by atoms with Gasteiger partial charge in [0.15, 0.2) is 5.75 Å². The van der Waals surface area contributed by atoms with Gasteiger partial charge in [0.2, 0.25) is 0 Å². The van der Waals surface area contributed by atoms with Crippen LogP contribution in [0.3, 0.4) is 0 Å². The largest absolute Gasteiger partial charge is 0.493 e. The fourth-order valence-electron chi connectivity index (χ4n) is 2.70. The lowest BCUT2D eigenvalue weighted by Crippen LogP contribution is -2.40. The molecule has 1 aromatic carbocycles. The molecular formula is C14H18N4O2. The van der Waals surface area contributed by atoms with Crippen molar-refractivity contribution >= 4 is 0 Å². The van der Waals surface area contributed by atoms with Gasteiger partial charge in [0.25, 0.3) is 0 Å². The predicted octanol–water partition coefficient (Wildman–Crippen LogP) is 0.937. The molecule has 6 heteroatoms. The minimum Gasteiger partial charge on any atom is -0.493 e. The van der Waals surface area contributed by atoms with Gasteiger partial charge in [-0.3, -0.25) is 10.5 Å². The average molecular weight is 274 g/mol. The number of aryl methyl sites for hydroxylation is 1. The summed E-state index contributed by atoms with van der Waals surface area (Å²) in [4.78, 5) is 0. The summed E-state index contributed by atoms with van der Waals surface area (Å²) < 4.78 is 13.1. The maximum absolute atomic E-state index is 6.00. The van der Waals surface area contributed by atoms with Gasteiger partial charge < -0.3 is 9.47 Å². The van der Waals surface area contributed by atoms with E-state index in [1.165, 1.54) is 5.56 Å². The van der Waals surface area contributed by atoms with E-state index in [-0.39, 0.29) is 12.1 Å². The van der Waals surface area contributed by atoms with Crippen molar-refractivity contribution in [2.75, 3.05) is 7.11 Å². The maximum Gasteiger partial charge on any atom is 0.161 e. The van der Waals surface area contributed by atoms with Gasteiger partial charge >= 0.3 is 0 Å². The van der Waals surface area contributed by atoms with E-state index in [2.05, 4.69) is 16.6 Å². The van der Waals surface area contributed by atoms with Gasteiger partial charge in [0.05, 0.1) is 13.3 Å². The van der Waals surface area contributed by atoms with E-state index in [4.69, 9.17) is 15.3 Å². The molecule has 0 aliphatic carbocycles. The van der Waals surface area contributed by atoms with E-state index in [1.54, 1.807) is 18.0 Å². The molecule has 20 heavy (non-hydrogen) atoms. The highest BCUT2D eigenvalue weighted by molar-refractivity contribution is 5.39. The quantitative estimate of drug-likeness (QED) is 0.641. The molecule has 0 fully saturated rings. The smallest absolute Gasteiger partial charge is 0.161 e. The SMILES string of the molecule is COc1cnn(C)c1C(NN)C1Cc2ccccc2O1. The number of aromatic nitrogens is 2. The highest BCUT2D eigenvalue weighted by Gasteiger charge is 2.34. The van der Waals surface area contributed by atoms with Crippen molar-refractivity contribution in [2.45, 2.75) is 18.6 Å². The van der Waals surface area contributed by atoms with Crippen LogP contribution < -0.4 is 20.7 Å². The fraction of sp³-hybridized carbons (Fsp3) is 0.357. The molecule has 0 bridgehead atoms. The van der Waals surface area contributed by atoms with Crippen molar-refractivity contribution in [3.8, 4) is 11.5 Å². The van der Waals surface area contributed by atoms with Gasteiger partial charge in [0, 0.05) is 13.5 Å². The zero-order chi connectivity index (χ0) is 14.1. The first-order valence-electron chi connectivity index (χ1n) is 6.51. The third kappa shape index (κ3) is 2.03. The van der Waals surface area contributed by atoms with Crippen molar-refractivity contribution in [2.24, 2.45) is 12.9 Å². The summed E-state index contributed by atoms with van der Waals surface area (Å²) in [5.74, 6) is 7.36. The van der Waals surface area contributed by atoms with Crippen LogP contribution in [0.4, 0.5) is 0 Å². The van der Waals surface area contributed by atoms with Crippen molar-refractivity contribution in [1.29, 1.82) is 0 Å². The lowest BCUT2D eigenvalue weighted by atomic mass is 10.0. The predicted molar refractivity (Wildman–Crippen MR) is 74.4 cm³/mol. The van der Waals surface area contributed by atoms with Crippen LogP contribution in [0.25, 0.3) is 0 Å². The number of nitrogens with one attached hydrogen (secondary N) is 1. The van der Waals surface area contributed by atoms with Gasteiger partial charge in [-0.1, -0.05) is 18.2 Å². The molecule has 1 aliphatic heterocycles. The normalized spacial score (nSPS) is 18.4. The fourth-order valence-corrected chi connectivity index (χ4v) is 2.70. The molecule has 0 spiro atoms. The molecule has 2 unspecified atom stereocenters. The Morgan fingerprint density at radius 2 is 2.30 bits per heavy atom. The topological polar surface area (TPSA) is 74.3 Å². The van der Waals surface area contributed by atoms with Gasteiger partial charge in [0.1, 0.15) is 23.6 Å². The van der Waals surface area contributed by atoms with E-state index < -0.39 is 0 Å². The molecular weight excluding hydrogens is 256 g/mol. The third-order valence-corrected chi connectivity index (χ3v) is 3.69. The van der Waals surface area contributed by atoms with Gasteiger partial charge in [-0.05, 0) is 11.6 Å². The van der Waals surface area contributed by atoms with Gasteiger partial charge in [-0.2, -0.15) is 5.10 Å². The molecule has 2 aromatic rings. The summed E-state index contributed by atoms with van der Waals surface area (Å²) in [6.45, 7) is 0. The Morgan fingerprint density at radius 3 is 3.00 bits per heavy atom. The number of nitrogens with zero attached hydrogens (tertiary/aromatic N) is 2. The molecule has 3 rings (SSSR count). The highest BCUT2D eigenvalue weighted by Crippen LogP contribution is 2.36. The number of benzene rings is 1. The minimum absolute atomic E-state index is 0.0818. The third-order valence-electron chi connectivity index (χ3n) is 3.69. The zero-order valence-electron chi connectivity index (χ0n) is 11.5. The summed E-state index contributed by atoms with van der Waals surface area (Å²) in [7, 11) is 3.49. The second-order valence-electron chi connectivity index (χ2n) is 4.83. The van der Waals surface area contributed by atoms with Crippen LogP contribution in [0, 0.1) is 0 Å². The first-order valence-corrected chi connectivity index (χ1v) is 6.51. The van der Waals surface area contributed by atoms with Crippen LogP contribution >= 0.6 is 0 Å². The number of para-hydroxylation sites is 1. The van der Waals surface area contributed by atoms with Crippen molar-refractivity contribution in [3.05, 3.63) is 41.7 Å². The number of ether oxygens (including phenoxy) is 2. The van der Waals surface area contributed by atoms with Crippen LogP contribution in [0.2, 0.25) is 0 Å². The molecule has 2 atom stereocenters. The Morgan fingerprint density at radius 1 is 1.50 bits per heavy atom. The lowest BCUT2D eigenvalue weighted by Gasteiger charge is -2.23. The van der Waals surface area contributed by atoms with Crippen LogP contribution in [0.5, 0.6) is 11.5 Å². The monoisotopic (exact) mass is 274 g/mol. The second kappa shape index (κ2) is 5.15. The Hall–Kier alpha value is -2.05. The number of fused-ring (bicyclic) bond motifs is 1. The van der Waals surface area contributed by atoms with Crippen molar-refractivity contribution < 1.29 is 9.47 Å². The number of methoxy groups -OCH3 is 1. The molecule has 0 saturated heterocycles. The Bertz CT molecular complexity index is 586. The maximum atomic E-state index is 6.00. The first kappa shape index (κ1) is 13.0. The van der Waals surface area contributed by atoms with E-state index in [1.807, 2.05) is 25.2 Å². The van der Waals surface area contributed by atoms with Crippen LogP contribution in [-0.4, -0.2) is 23.0 Å². The zero-order valence-corrected chi connectivity index (χ0v) is 11.5. The summed E-state index contributed by atoms with van der Waals surface area (Å²) in [5.41, 5.74) is 4.91. The van der Waals surface area contributed by atoms with E-state index >= 15 is 0 Å². The molecule has 6 nitrogen and oxygen atoms in total. The molecule has 2 heterocycles. The average Bonchev–Trinajstić information content (AvgIpc) is 3.04. The first-order chi connectivity index (χ1) is 9.74. The van der Waals surface area contributed by atoms with Crippen molar-refractivity contribution in [1.82, 2.24) is 15.2 Å². The molecule has 106 valence electrons. The Kier molecular flexibility index (Phi) is 3.33. The molecule has 3 N–H and O–H groups in total. The summed E-state index contributed by atoms with van der Waals surface area (Å²) in [6, 6.07) is 7.84. The highest BCUT2D eigenvalue weighted by atomic mass is 16.5. The Labute approximate surface area is 117 Å². The Balaban J connectivity index is 1.91.